The highest BCUT2D eigenvalue weighted by molar-refractivity contribution is 7.99. The summed E-state index contributed by atoms with van der Waals surface area (Å²) < 4.78 is 26.8. The Morgan fingerprint density at radius 3 is 2.10 bits per heavy atom. The molecule has 0 spiro atoms. The van der Waals surface area contributed by atoms with Gasteiger partial charge in [-0.25, -0.2) is 8.42 Å². The Morgan fingerprint density at radius 1 is 0.871 bits per heavy atom. The summed E-state index contributed by atoms with van der Waals surface area (Å²) in [6, 6.07) is 19.1. The molecule has 2 aromatic rings. The van der Waals surface area contributed by atoms with Crippen LogP contribution in [0.25, 0.3) is 0 Å². The van der Waals surface area contributed by atoms with Crippen molar-refractivity contribution < 1.29 is 8.42 Å². The summed E-state index contributed by atoms with van der Waals surface area (Å²) in [4.78, 5) is 1.61. The van der Waals surface area contributed by atoms with Crippen LogP contribution in [0.15, 0.2) is 105 Å². The molecule has 0 aliphatic heterocycles. The van der Waals surface area contributed by atoms with Crippen LogP contribution in [0.1, 0.15) is 47.0 Å². The Morgan fingerprint density at radius 2 is 1.48 bits per heavy atom. The van der Waals surface area contributed by atoms with Gasteiger partial charge in [-0.15, -0.1) is 11.8 Å². The number of rotatable bonds is 11. The zero-order valence-electron chi connectivity index (χ0n) is 19.0. The van der Waals surface area contributed by atoms with Crippen LogP contribution in [-0.4, -0.2) is 19.4 Å². The van der Waals surface area contributed by atoms with E-state index in [-0.39, 0.29) is 0 Å². The van der Waals surface area contributed by atoms with Crippen molar-refractivity contribution in [2.24, 2.45) is 0 Å². The molecular formula is C27H34O2S2. The molecule has 2 nitrogen and oxygen atoms in total. The summed E-state index contributed by atoms with van der Waals surface area (Å²) in [7, 11) is -3.45. The average Bonchev–Trinajstić information content (AvgIpc) is 2.74. The van der Waals surface area contributed by atoms with Gasteiger partial charge >= 0.3 is 0 Å². The first-order chi connectivity index (χ1) is 14.8. The molecule has 0 heterocycles. The van der Waals surface area contributed by atoms with E-state index in [9.17, 15) is 8.42 Å². The zero-order valence-corrected chi connectivity index (χ0v) is 20.7. The molecule has 4 heteroatoms. The minimum atomic E-state index is -3.45. The molecule has 0 N–H and O–H groups in total. The Balaban J connectivity index is 2.18. The maximum atomic E-state index is 13.4. The Kier molecular flexibility index (Phi) is 10.4. The predicted molar refractivity (Wildman–Crippen MR) is 135 cm³/mol. The van der Waals surface area contributed by atoms with Crippen LogP contribution in [-0.2, 0) is 9.84 Å². The van der Waals surface area contributed by atoms with Crippen LogP contribution >= 0.6 is 11.8 Å². The lowest BCUT2D eigenvalue weighted by molar-refractivity contribution is 0.587. The first kappa shape index (κ1) is 25.2. The third kappa shape index (κ3) is 8.92. The second kappa shape index (κ2) is 12.7. The summed E-state index contributed by atoms with van der Waals surface area (Å²) in [5.41, 5.74) is 3.51. The lowest BCUT2D eigenvalue weighted by Crippen LogP contribution is -2.20. The smallest absolute Gasteiger partial charge is 0.185 e. The highest BCUT2D eigenvalue weighted by Gasteiger charge is 2.25. The second-order valence-electron chi connectivity index (χ2n) is 8.11. The number of hydrogen-bond acceptors (Lipinski definition) is 3. The van der Waals surface area contributed by atoms with Crippen molar-refractivity contribution in [2.75, 3.05) is 5.75 Å². The fourth-order valence-corrected chi connectivity index (χ4v) is 5.92. The van der Waals surface area contributed by atoms with Crippen molar-refractivity contribution in [3.8, 4) is 0 Å². The molecule has 2 rings (SSSR count). The Labute approximate surface area is 193 Å². The lowest BCUT2D eigenvalue weighted by atomic mass is 10.1. The molecule has 0 aliphatic carbocycles. The zero-order chi connectivity index (χ0) is 22.7. The van der Waals surface area contributed by atoms with Gasteiger partial charge in [0.1, 0.15) is 0 Å². The van der Waals surface area contributed by atoms with Gasteiger partial charge in [-0.2, -0.15) is 0 Å². The van der Waals surface area contributed by atoms with Crippen molar-refractivity contribution in [1.29, 1.82) is 0 Å². The van der Waals surface area contributed by atoms with Gasteiger partial charge in [-0.05, 0) is 71.2 Å². The molecule has 0 radical (unpaired) electrons. The van der Waals surface area contributed by atoms with Gasteiger partial charge in [0, 0.05) is 10.6 Å². The van der Waals surface area contributed by atoms with Crippen LogP contribution in [0, 0.1) is 0 Å². The molecule has 0 aliphatic rings. The first-order valence-corrected chi connectivity index (χ1v) is 13.3. The molecule has 31 heavy (non-hydrogen) atoms. The van der Waals surface area contributed by atoms with E-state index in [4.69, 9.17) is 0 Å². The topological polar surface area (TPSA) is 34.1 Å². The van der Waals surface area contributed by atoms with E-state index in [2.05, 4.69) is 38.1 Å². The number of thioether (sulfide) groups is 1. The number of benzene rings is 2. The summed E-state index contributed by atoms with van der Waals surface area (Å²) in [6.07, 6.45) is 8.63. The summed E-state index contributed by atoms with van der Waals surface area (Å²) in [5, 5.41) is -0.556. The first-order valence-electron chi connectivity index (χ1n) is 10.7. The highest BCUT2D eigenvalue weighted by Crippen LogP contribution is 2.25. The Bertz CT molecular complexity index is 998. The van der Waals surface area contributed by atoms with E-state index in [1.54, 1.807) is 36.0 Å². The summed E-state index contributed by atoms with van der Waals surface area (Å²) in [5.74, 6) is 0.831. The van der Waals surface area contributed by atoms with E-state index >= 15 is 0 Å². The molecule has 0 saturated heterocycles. The number of hydrogen-bond donors (Lipinski definition) is 0. The van der Waals surface area contributed by atoms with Gasteiger partial charge in [-0.3, -0.25) is 0 Å². The molecule has 0 bridgehead atoms. The second-order valence-corrected chi connectivity index (χ2v) is 11.4. The average molecular weight is 455 g/mol. The highest BCUT2D eigenvalue weighted by atomic mass is 32.2. The molecule has 0 saturated carbocycles. The van der Waals surface area contributed by atoms with Gasteiger partial charge in [0.05, 0.1) is 10.1 Å². The largest absolute Gasteiger partial charge is 0.223 e. The molecule has 1 unspecified atom stereocenters. The molecule has 0 fully saturated rings. The third-order valence-corrected chi connectivity index (χ3v) is 7.95. The van der Waals surface area contributed by atoms with E-state index in [0.29, 0.717) is 11.3 Å². The van der Waals surface area contributed by atoms with E-state index in [0.717, 1.165) is 29.7 Å². The van der Waals surface area contributed by atoms with Crippen molar-refractivity contribution in [3.05, 3.63) is 95.6 Å². The maximum absolute atomic E-state index is 13.4. The van der Waals surface area contributed by atoms with Crippen molar-refractivity contribution in [1.82, 2.24) is 0 Å². The lowest BCUT2D eigenvalue weighted by Gasteiger charge is -2.16. The predicted octanol–water partition coefficient (Wildman–Crippen LogP) is 7.65. The quantitative estimate of drug-likeness (QED) is 0.258. The van der Waals surface area contributed by atoms with E-state index in [1.165, 1.54) is 10.5 Å². The molecule has 166 valence electrons. The van der Waals surface area contributed by atoms with Crippen molar-refractivity contribution in [3.63, 3.8) is 0 Å². The molecule has 0 aromatic heterocycles. The summed E-state index contributed by atoms with van der Waals surface area (Å²) >= 11 is 1.76. The van der Waals surface area contributed by atoms with Gasteiger partial charge in [0.25, 0.3) is 0 Å². The minimum Gasteiger partial charge on any atom is -0.223 e. The number of sulfone groups is 1. The van der Waals surface area contributed by atoms with Crippen LogP contribution in [0.5, 0.6) is 0 Å². The van der Waals surface area contributed by atoms with Gasteiger partial charge in [0.15, 0.2) is 9.84 Å². The van der Waals surface area contributed by atoms with Crippen molar-refractivity contribution in [2.45, 2.75) is 62.0 Å². The van der Waals surface area contributed by atoms with Crippen LogP contribution < -0.4 is 0 Å². The molecular weight excluding hydrogens is 420 g/mol. The summed E-state index contributed by atoms with van der Waals surface area (Å²) in [6.45, 7) is 8.24. The fourth-order valence-electron chi connectivity index (χ4n) is 3.23. The van der Waals surface area contributed by atoms with E-state index < -0.39 is 15.1 Å². The van der Waals surface area contributed by atoms with E-state index in [1.807, 2.05) is 44.2 Å². The molecule has 2 aromatic carbocycles. The Hall–Kier alpha value is -2.04. The van der Waals surface area contributed by atoms with Gasteiger partial charge in [0.2, 0.25) is 0 Å². The number of allylic oxidation sites excluding steroid dienone is 4. The van der Waals surface area contributed by atoms with Crippen LogP contribution in [0.3, 0.4) is 0 Å². The van der Waals surface area contributed by atoms with Gasteiger partial charge in [-0.1, -0.05) is 71.3 Å². The van der Waals surface area contributed by atoms with Gasteiger partial charge < -0.3 is 0 Å². The third-order valence-electron chi connectivity index (χ3n) is 4.98. The van der Waals surface area contributed by atoms with Crippen LogP contribution in [0.2, 0.25) is 0 Å². The standard InChI is InChI=1S/C27H34O2S2/c1-22(2)12-11-13-23(3)20-27(31(28,29)26-16-9-6-10-17-26)21-24(4)18-19-30-25-14-7-5-8-15-25/h5-10,12,14-18,20,27H,11,13,19,21H2,1-4H3/b23-20+,24-18+. The fraction of sp³-hybridized carbons (Fsp3) is 0.333. The SMILES string of the molecule is CC(C)=CCC/C(C)=C/C(C/C(C)=C/CSc1ccccc1)S(=O)(=O)c1ccccc1. The normalized spacial score (nSPS) is 13.7. The van der Waals surface area contributed by atoms with Crippen molar-refractivity contribution >= 4 is 21.6 Å². The van der Waals surface area contributed by atoms with Crippen LogP contribution in [0.4, 0.5) is 0 Å². The maximum Gasteiger partial charge on any atom is 0.185 e. The monoisotopic (exact) mass is 454 g/mol. The molecule has 1 atom stereocenters. The minimum absolute atomic E-state index is 0.389. The molecule has 0 amide bonds.